The summed E-state index contributed by atoms with van der Waals surface area (Å²) in [6.07, 6.45) is 1.32. The monoisotopic (exact) mass is 301 g/mol. The van der Waals surface area contributed by atoms with Crippen LogP contribution in [0.1, 0.15) is 10.5 Å². The molecule has 6 nitrogen and oxygen atoms in total. The molecule has 0 unspecified atom stereocenters. The van der Waals surface area contributed by atoms with E-state index in [0.29, 0.717) is 30.3 Å². The maximum absolute atomic E-state index is 12.7. The Kier molecular flexibility index (Phi) is 4.11. The zero-order chi connectivity index (χ0) is 15.5. The van der Waals surface area contributed by atoms with Gasteiger partial charge in [-0.3, -0.25) is 4.79 Å². The first kappa shape index (κ1) is 14.6. The maximum atomic E-state index is 12.7. The van der Waals surface area contributed by atoms with Crippen molar-refractivity contribution >= 4 is 5.91 Å². The molecule has 0 radical (unpaired) electrons. The van der Waals surface area contributed by atoms with Gasteiger partial charge in [0, 0.05) is 31.7 Å². The number of ether oxygens (including phenoxy) is 1. The molecule has 1 aliphatic rings. The van der Waals surface area contributed by atoms with Crippen LogP contribution in [0.3, 0.4) is 0 Å². The summed E-state index contributed by atoms with van der Waals surface area (Å²) in [7, 11) is 3.66. The second-order valence-corrected chi connectivity index (χ2v) is 5.36. The molecule has 22 heavy (non-hydrogen) atoms. The first-order valence-electron chi connectivity index (χ1n) is 7.25. The van der Waals surface area contributed by atoms with Crippen molar-refractivity contribution in [3.05, 3.63) is 36.4 Å². The van der Waals surface area contributed by atoms with E-state index in [1.807, 2.05) is 29.2 Å². The highest BCUT2D eigenvalue weighted by Crippen LogP contribution is 2.27. The van der Waals surface area contributed by atoms with Gasteiger partial charge in [-0.25, -0.2) is 4.98 Å². The third-order valence-electron chi connectivity index (χ3n) is 3.89. The molecule has 0 spiro atoms. The van der Waals surface area contributed by atoms with Gasteiger partial charge in [0.15, 0.2) is 17.8 Å². The van der Waals surface area contributed by atoms with E-state index < -0.39 is 0 Å². The van der Waals surface area contributed by atoms with Crippen LogP contribution in [0, 0.1) is 0 Å². The molecule has 2 aromatic rings. The number of carbonyl (C=O) groups excluding carboxylic acids is 1. The predicted molar refractivity (Wildman–Crippen MR) is 81.9 cm³/mol. The summed E-state index contributed by atoms with van der Waals surface area (Å²) in [6, 6.07) is 7.42. The molecule has 1 saturated heterocycles. The van der Waals surface area contributed by atoms with Gasteiger partial charge < -0.3 is 19.0 Å². The number of methoxy groups -OCH3 is 1. The summed E-state index contributed by atoms with van der Waals surface area (Å²) < 4.78 is 10.7. The van der Waals surface area contributed by atoms with Crippen molar-refractivity contribution in [3.8, 4) is 17.1 Å². The summed E-state index contributed by atoms with van der Waals surface area (Å²) in [4.78, 5) is 20.8. The lowest BCUT2D eigenvalue weighted by Crippen LogP contribution is -2.47. The lowest BCUT2D eigenvalue weighted by atomic mass is 10.1. The molecule has 0 atom stereocenters. The van der Waals surface area contributed by atoms with Gasteiger partial charge in [-0.05, 0) is 19.2 Å². The van der Waals surface area contributed by atoms with Crippen LogP contribution in [0.2, 0.25) is 0 Å². The van der Waals surface area contributed by atoms with Crippen molar-refractivity contribution in [2.75, 3.05) is 40.3 Å². The quantitative estimate of drug-likeness (QED) is 0.864. The fourth-order valence-corrected chi connectivity index (χ4v) is 2.53. The van der Waals surface area contributed by atoms with E-state index in [4.69, 9.17) is 9.15 Å². The third kappa shape index (κ3) is 2.82. The van der Waals surface area contributed by atoms with E-state index >= 15 is 0 Å². The van der Waals surface area contributed by atoms with Crippen LogP contribution in [0.5, 0.6) is 5.75 Å². The van der Waals surface area contributed by atoms with E-state index in [0.717, 1.165) is 18.7 Å². The highest BCUT2D eigenvalue weighted by Gasteiger charge is 2.26. The van der Waals surface area contributed by atoms with Crippen molar-refractivity contribution in [2.24, 2.45) is 0 Å². The Bertz CT molecular complexity index is 660. The van der Waals surface area contributed by atoms with E-state index in [2.05, 4.69) is 16.9 Å². The number of rotatable bonds is 3. The van der Waals surface area contributed by atoms with Crippen LogP contribution in [-0.4, -0.2) is 61.0 Å². The van der Waals surface area contributed by atoms with E-state index in [9.17, 15) is 4.79 Å². The van der Waals surface area contributed by atoms with E-state index in [1.54, 1.807) is 7.11 Å². The fourth-order valence-electron chi connectivity index (χ4n) is 2.53. The standard InChI is InChI=1S/C16H19N3O3/c1-18-6-8-19(9-7-18)16(20)14-15(22-11-17-14)12-4-3-5-13(10-12)21-2/h3-5,10-11H,6-9H2,1-2H3. The molecule has 0 bridgehead atoms. The zero-order valence-electron chi connectivity index (χ0n) is 12.8. The smallest absolute Gasteiger partial charge is 0.276 e. The average Bonchev–Trinajstić information content (AvgIpc) is 3.04. The number of nitrogens with zero attached hydrogens (tertiary/aromatic N) is 3. The first-order chi connectivity index (χ1) is 10.7. The van der Waals surface area contributed by atoms with Gasteiger partial charge in [-0.15, -0.1) is 0 Å². The summed E-state index contributed by atoms with van der Waals surface area (Å²) in [5.74, 6) is 1.12. The average molecular weight is 301 g/mol. The molecule has 1 amide bonds. The van der Waals surface area contributed by atoms with Crippen LogP contribution >= 0.6 is 0 Å². The van der Waals surface area contributed by atoms with Crippen LogP contribution in [0.25, 0.3) is 11.3 Å². The van der Waals surface area contributed by atoms with Gasteiger partial charge in [-0.1, -0.05) is 12.1 Å². The number of carbonyl (C=O) groups is 1. The van der Waals surface area contributed by atoms with Crippen molar-refractivity contribution in [3.63, 3.8) is 0 Å². The van der Waals surface area contributed by atoms with Gasteiger partial charge in [0.05, 0.1) is 7.11 Å². The summed E-state index contributed by atoms with van der Waals surface area (Å²) in [6.45, 7) is 3.16. The van der Waals surface area contributed by atoms with Gasteiger partial charge in [0.1, 0.15) is 5.75 Å². The predicted octanol–water partition coefficient (Wildman–Crippen LogP) is 1.74. The zero-order valence-corrected chi connectivity index (χ0v) is 12.8. The summed E-state index contributed by atoms with van der Waals surface area (Å²) in [5, 5.41) is 0. The van der Waals surface area contributed by atoms with Crippen LogP contribution < -0.4 is 4.74 Å². The third-order valence-corrected chi connectivity index (χ3v) is 3.89. The molecular weight excluding hydrogens is 282 g/mol. The van der Waals surface area contributed by atoms with Crippen LogP contribution in [0.15, 0.2) is 35.1 Å². The molecule has 116 valence electrons. The molecule has 1 aromatic carbocycles. The highest BCUT2D eigenvalue weighted by atomic mass is 16.5. The molecule has 0 N–H and O–H groups in total. The molecule has 0 aliphatic carbocycles. The number of amides is 1. The number of benzene rings is 1. The Morgan fingerprint density at radius 2 is 2.05 bits per heavy atom. The van der Waals surface area contributed by atoms with Crippen LogP contribution in [0.4, 0.5) is 0 Å². The maximum Gasteiger partial charge on any atom is 0.276 e. The highest BCUT2D eigenvalue weighted by molar-refractivity contribution is 5.97. The van der Waals surface area contributed by atoms with Gasteiger partial charge >= 0.3 is 0 Å². The second-order valence-electron chi connectivity index (χ2n) is 5.36. The molecule has 6 heteroatoms. The Balaban J connectivity index is 1.86. The normalized spacial score (nSPS) is 15.8. The van der Waals surface area contributed by atoms with Crippen molar-refractivity contribution < 1.29 is 13.9 Å². The minimum absolute atomic E-state index is 0.0836. The minimum Gasteiger partial charge on any atom is -0.497 e. The minimum atomic E-state index is -0.0836. The van der Waals surface area contributed by atoms with E-state index in [-0.39, 0.29) is 5.91 Å². The SMILES string of the molecule is COc1cccc(-c2ocnc2C(=O)N2CCN(C)CC2)c1. The summed E-state index contributed by atoms with van der Waals surface area (Å²) >= 11 is 0. The topological polar surface area (TPSA) is 58.8 Å². The molecule has 1 aliphatic heterocycles. The summed E-state index contributed by atoms with van der Waals surface area (Å²) in [5.41, 5.74) is 1.15. The molecule has 2 heterocycles. The van der Waals surface area contributed by atoms with Crippen LogP contribution in [-0.2, 0) is 0 Å². The molecule has 1 fully saturated rings. The second kappa shape index (κ2) is 6.19. The van der Waals surface area contributed by atoms with Gasteiger partial charge in [0.2, 0.25) is 0 Å². The number of hydrogen-bond acceptors (Lipinski definition) is 5. The first-order valence-corrected chi connectivity index (χ1v) is 7.25. The lowest BCUT2D eigenvalue weighted by molar-refractivity contribution is 0.0659. The van der Waals surface area contributed by atoms with Gasteiger partial charge in [0.25, 0.3) is 5.91 Å². The Labute approximate surface area is 129 Å². The number of oxazole rings is 1. The molecule has 0 saturated carbocycles. The largest absolute Gasteiger partial charge is 0.497 e. The van der Waals surface area contributed by atoms with Gasteiger partial charge in [-0.2, -0.15) is 0 Å². The van der Waals surface area contributed by atoms with Crippen molar-refractivity contribution in [1.29, 1.82) is 0 Å². The Morgan fingerprint density at radius 3 is 2.77 bits per heavy atom. The molecular formula is C16H19N3O3. The fraction of sp³-hybridized carbons (Fsp3) is 0.375. The van der Waals surface area contributed by atoms with E-state index in [1.165, 1.54) is 6.39 Å². The lowest BCUT2D eigenvalue weighted by Gasteiger charge is -2.32. The van der Waals surface area contributed by atoms with Crippen molar-refractivity contribution in [1.82, 2.24) is 14.8 Å². The number of hydrogen-bond donors (Lipinski definition) is 0. The number of likely N-dealkylation sites (N-methyl/N-ethyl adjacent to an activating group) is 1. The van der Waals surface area contributed by atoms with Crippen molar-refractivity contribution in [2.45, 2.75) is 0 Å². The number of aromatic nitrogens is 1. The Hall–Kier alpha value is -2.34. The Morgan fingerprint density at radius 1 is 1.27 bits per heavy atom. The molecule has 3 rings (SSSR count). The molecule has 1 aromatic heterocycles. The number of piperazine rings is 1.